The lowest BCUT2D eigenvalue weighted by atomic mass is 10.2. The van der Waals surface area contributed by atoms with Crippen LogP contribution in [0.3, 0.4) is 0 Å². The number of benzene rings is 1. The number of aromatic nitrogens is 1. The van der Waals surface area contributed by atoms with Crippen LogP contribution >= 0.6 is 15.9 Å². The Kier molecular flexibility index (Phi) is 5.20. The van der Waals surface area contributed by atoms with Gasteiger partial charge in [0.05, 0.1) is 0 Å². The lowest BCUT2D eigenvalue weighted by molar-refractivity contribution is 0.100. The topological polar surface area (TPSA) is 138 Å². The van der Waals surface area contributed by atoms with Crippen LogP contribution in [0.5, 0.6) is 11.5 Å². The van der Waals surface area contributed by atoms with E-state index in [1.54, 1.807) is 18.3 Å². The zero-order valence-electron chi connectivity index (χ0n) is 12.4. The van der Waals surface area contributed by atoms with Gasteiger partial charge >= 0.3 is 0 Å². The normalized spacial score (nSPS) is 10.9. The molecule has 0 fully saturated rings. The van der Waals surface area contributed by atoms with Gasteiger partial charge in [0.15, 0.2) is 21.5 Å². The van der Waals surface area contributed by atoms with Gasteiger partial charge in [0, 0.05) is 18.0 Å². The molecular weight excluding hydrogens is 400 g/mol. The van der Waals surface area contributed by atoms with Crippen LogP contribution in [0.15, 0.2) is 51.0 Å². The lowest BCUT2D eigenvalue weighted by Gasteiger charge is -2.11. The quantitative estimate of drug-likeness (QED) is 0.440. The van der Waals surface area contributed by atoms with E-state index in [1.165, 1.54) is 12.1 Å². The zero-order chi connectivity index (χ0) is 17.9. The maximum atomic E-state index is 12.0. The number of ether oxygens (including phenoxy) is 1. The van der Waals surface area contributed by atoms with E-state index in [-0.39, 0.29) is 16.2 Å². The molecule has 0 aliphatic heterocycles. The number of hydrogen-bond acceptors (Lipinski definition) is 5. The van der Waals surface area contributed by atoms with Gasteiger partial charge in [-0.15, -0.1) is 0 Å². The highest BCUT2D eigenvalue weighted by Gasteiger charge is 2.19. The van der Waals surface area contributed by atoms with E-state index in [4.69, 9.17) is 16.2 Å². The Morgan fingerprint density at radius 3 is 2.54 bits per heavy atom. The second-order valence-corrected chi connectivity index (χ2v) is 7.41. The average Bonchev–Trinajstić information content (AvgIpc) is 2.48. The van der Waals surface area contributed by atoms with Crippen molar-refractivity contribution in [2.24, 2.45) is 16.5 Å². The van der Waals surface area contributed by atoms with Crippen molar-refractivity contribution in [1.29, 1.82) is 0 Å². The molecule has 0 aliphatic carbocycles. The molecule has 0 aliphatic rings. The molecule has 0 saturated heterocycles. The van der Waals surface area contributed by atoms with Gasteiger partial charge in [0.2, 0.25) is 0 Å². The molecule has 0 unspecified atom stereocenters. The molecule has 0 atom stereocenters. The summed E-state index contributed by atoms with van der Waals surface area (Å²) in [5.41, 5.74) is 10.3. The summed E-state index contributed by atoms with van der Waals surface area (Å²) >= 11 is 3.21. The second-order valence-electron chi connectivity index (χ2n) is 4.67. The summed E-state index contributed by atoms with van der Waals surface area (Å²) in [5, 5.41) is 0. The lowest BCUT2D eigenvalue weighted by Crippen LogP contribution is -2.24. The Labute approximate surface area is 146 Å². The highest BCUT2D eigenvalue weighted by molar-refractivity contribution is 9.10. The molecule has 2 aromatic rings. The Hall–Kier alpha value is -2.46. The highest BCUT2D eigenvalue weighted by atomic mass is 79.9. The molecule has 2 rings (SSSR count). The van der Waals surface area contributed by atoms with Crippen molar-refractivity contribution >= 4 is 37.6 Å². The first-order valence-corrected chi connectivity index (χ1v) is 9.13. The van der Waals surface area contributed by atoms with Crippen molar-refractivity contribution in [1.82, 2.24) is 4.98 Å². The van der Waals surface area contributed by atoms with Gasteiger partial charge in [0.1, 0.15) is 15.2 Å². The monoisotopic (exact) mass is 412 g/mol. The Morgan fingerprint density at radius 1 is 1.25 bits per heavy atom. The Bertz CT molecular complexity index is 924. The van der Waals surface area contributed by atoms with Gasteiger partial charge in [0.25, 0.3) is 5.91 Å². The van der Waals surface area contributed by atoms with Gasteiger partial charge in [-0.05, 0) is 46.3 Å². The third kappa shape index (κ3) is 4.30. The minimum atomic E-state index is -3.67. The third-order valence-electron chi connectivity index (χ3n) is 2.77. The number of carbonyl (C=O) groups is 1. The molecule has 1 heterocycles. The molecule has 1 aromatic carbocycles. The Balaban J connectivity index is 2.51. The molecule has 0 spiro atoms. The van der Waals surface area contributed by atoms with Crippen LogP contribution in [0.2, 0.25) is 0 Å². The zero-order valence-corrected chi connectivity index (χ0v) is 14.8. The van der Waals surface area contributed by atoms with Crippen LogP contribution in [0, 0.1) is 0 Å². The SMILES string of the molecule is CS(=O)(=O)c1cc(C(=O)N=C(N)N)ccc1Oc1cccnc1Br. The number of sulfone groups is 1. The fraction of sp³-hybridized carbons (Fsp3) is 0.0714. The highest BCUT2D eigenvalue weighted by Crippen LogP contribution is 2.32. The number of pyridine rings is 1. The van der Waals surface area contributed by atoms with Gasteiger partial charge in [-0.3, -0.25) is 4.79 Å². The van der Waals surface area contributed by atoms with E-state index < -0.39 is 21.7 Å². The van der Waals surface area contributed by atoms with E-state index >= 15 is 0 Å². The number of aliphatic imine (C=N–C) groups is 1. The second kappa shape index (κ2) is 6.97. The molecular formula is C14H13BrN4O4S. The van der Waals surface area contributed by atoms with Crippen LogP contribution in [-0.2, 0) is 9.84 Å². The van der Waals surface area contributed by atoms with E-state index in [2.05, 4.69) is 25.9 Å². The van der Waals surface area contributed by atoms with E-state index in [1.807, 2.05) is 0 Å². The van der Waals surface area contributed by atoms with Crippen molar-refractivity contribution < 1.29 is 17.9 Å². The van der Waals surface area contributed by atoms with Crippen LogP contribution in [-0.4, -0.2) is 31.5 Å². The van der Waals surface area contributed by atoms with Crippen molar-refractivity contribution in [2.45, 2.75) is 4.90 Å². The number of nitrogens with zero attached hydrogens (tertiary/aromatic N) is 2. The summed E-state index contributed by atoms with van der Waals surface area (Å²) in [4.78, 5) is 19.1. The number of carbonyl (C=O) groups excluding carboxylic acids is 1. The molecule has 8 nitrogen and oxygen atoms in total. The van der Waals surface area contributed by atoms with Crippen LogP contribution in [0.1, 0.15) is 10.4 Å². The number of rotatable bonds is 4. The first kappa shape index (κ1) is 17.9. The van der Waals surface area contributed by atoms with E-state index in [9.17, 15) is 13.2 Å². The minimum absolute atomic E-state index is 0.0152. The summed E-state index contributed by atoms with van der Waals surface area (Å²) in [5.74, 6) is -0.798. The predicted octanol–water partition coefficient (Wildman–Crippen LogP) is 1.45. The summed E-state index contributed by atoms with van der Waals surface area (Å²) in [6, 6.07) is 7.12. The van der Waals surface area contributed by atoms with Crippen molar-refractivity contribution in [3.05, 3.63) is 46.7 Å². The van der Waals surface area contributed by atoms with E-state index in [0.717, 1.165) is 12.3 Å². The largest absolute Gasteiger partial charge is 0.453 e. The summed E-state index contributed by atoms with van der Waals surface area (Å²) in [6.45, 7) is 0. The fourth-order valence-electron chi connectivity index (χ4n) is 1.76. The van der Waals surface area contributed by atoms with Gasteiger partial charge in [-0.1, -0.05) is 0 Å². The van der Waals surface area contributed by atoms with Gasteiger partial charge in [-0.2, -0.15) is 4.99 Å². The van der Waals surface area contributed by atoms with Crippen LogP contribution < -0.4 is 16.2 Å². The van der Waals surface area contributed by atoms with Gasteiger partial charge in [-0.25, -0.2) is 13.4 Å². The molecule has 4 N–H and O–H groups in total. The smallest absolute Gasteiger partial charge is 0.280 e. The maximum absolute atomic E-state index is 12.0. The molecule has 0 radical (unpaired) electrons. The van der Waals surface area contributed by atoms with Gasteiger partial charge < -0.3 is 16.2 Å². The summed E-state index contributed by atoms with van der Waals surface area (Å²) in [7, 11) is -3.67. The molecule has 0 bridgehead atoms. The average molecular weight is 413 g/mol. The number of guanidine groups is 1. The van der Waals surface area contributed by atoms with E-state index in [0.29, 0.717) is 10.4 Å². The fourth-order valence-corrected chi connectivity index (χ4v) is 2.91. The summed E-state index contributed by atoms with van der Waals surface area (Å²) < 4.78 is 30.0. The van der Waals surface area contributed by atoms with Crippen molar-refractivity contribution in [2.75, 3.05) is 6.26 Å². The molecule has 0 saturated carbocycles. The minimum Gasteiger partial charge on any atom is -0.453 e. The molecule has 1 amide bonds. The number of nitrogens with two attached hydrogens (primary N) is 2. The number of halogens is 1. The first-order chi connectivity index (χ1) is 11.2. The predicted molar refractivity (Wildman–Crippen MR) is 91.7 cm³/mol. The summed E-state index contributed by atoms with van der Waals surface area (Å²) in [6.07, 6.45) is 2.55. The Morgan fingerprint density at radius 2 is 1.96 bits per heavy atom. The first-order valence-electron chi connectivity index (χ1n) is 6.45. The van der Waals surface area contributed by atoms with Crippen LogP contribution in [0.4, 0.5) is 0 Å². The molecule has 1 aromatic heterocycles. The molecule has 24 heavy (non-hydrogen) atoms. The number of hydrogen-bond donors (Lipinski definition) is 2. The van der Waals surface area contributed by atoms with Crippen molar-refractivity contribution in [3.8, 4) is 11.5 Å². The van der Waals surface area contributed by atoms with Crippen LogP contribution in [0.25, 0.3) is 0 Å². The maximum Gasteiger partial charge on any atom is 0.280 e. The molecule has 10 heteroatoms. The standard InChI is InChI=1S/C14H13BrN4O4S/c1-24(21,22)11-7-8(13(20)19-14(16)17)4-5-9(11)23-10-3-2-6-18-12(10)15/h2-7H,1H3,(H4,16,17,19,20). The van der Waals surface area contributed by atoms with Crippen molar-refractivity contribution in [3.63, 3.8) is 0 Å². The molecule has 126 valence electrons. The number of amides is 1. The third-order valence-corrected chi connectivity index (χ3v) is 4.48.